The van der Waals surface area contributed by atoms with Crippen molar-refractivity contribution in [3.63, 3.8) is 0 Å². The van der Waals surface area contributed by atoms with Gasteiger partial charge in [0, 0.05) is 32.7 Å². The van der Waals surface area contributed by atoms with Gasteiger partial charge in [-0.1, -0.05) is 12.5 Å². The number of hydrogen-bond donors (Lipinski definition) is 0. The topological polar surface area (TPSA) is 0 Å². The van der Waals surface area contributed by atoms with E-state index < -0.39 is 0 Å². The number of fused-ring (bicyclic) bond motifs is 1. The smallest absolute Gasteiger partial charge is 0 e. The molecule has 0 aromatic heterocycles. The molecule has 0 fully saturated rings. The summed E-state index contributed by atoms with van der Waals surface area (Å²) in [5, 5.41) is 0. The molecule has 1 radical (unpaired) electrons. The minimum absolute atomic E-state index is 0. The Hall–Kier alpha value is -0.0661. The van der Waals surface area contributed by atoms with E-state index in [1.807, 2.05) is 0 Å². The summed E-state index contributed by atoms with van der Waals surface area (Å²) in [6.07, 6.45) is 16.1. The maximum absolute atomic E-state index is 2.25. The van der Waals surface area contributed by atoms with E-state index in [1.165, 1.54) is 11.1 Å². The van der Waals surface area contributed by atoms with Crippen LogP contribution in [0.15, 0.2) is 47.6 Å². The van der Waals surface area contributed by atoms with Crippen LogP contribution in [0, 0.1) is 13.8 Å². The van der Waals surface area contributed by atoms with Crippen molar-refractivity contribution < 1.29 is 32.7 Å². The predicted octanol–water partition coefficient (Wildman–Crippen LogP) is 3.02. The summed E-state index contributed by atoms with van der Waals surface area (Å²) >= 11 is 0. The first-order chi connectivity index (χ1) is 4.97. The third-order valence-corrected chi connectivity index (χ3v) is 1.77. The first-order valence-electron chi connectivity index (χ1n) is 3.55. The Morgan fingerprint density at radius 2 is 2.17 bits per heavy atom. The van der Waals surface area contributed by atoms with E-state index in [0.717, 1.165) is 6.42 Å². The van der Waals surface area contributed by atoms with E-state index >= 15 is 0 Å². The van der Waals surface area contributed by atoms with Gasteiger partial charge in [-0.15, -0.1) is 41.9 Å². The Kier molecular flexibility index (Phi) is 5.53. The molecule has 0 atom stereocenters. The summed E-state index contributed by atoms with van der Waals surface area (Å²) in [4.78, 5) is 0. The second-order valence-electron chi connectivity index (χ2n) is 2.47. The van der Waals surface area contributed by atoms with Gasteiger partial charge in [0.1, 0.15) is 0 Å². The summed E-state index contributed by atoms with van der Waals surface area (Å²) in [5.74, 6) is 0. The quantitative estimate of drug-likeness (QED) is 0.564. The van der Waals surface area contributed by atoms with Gasteiger partial charge in [0.25, 0.3) is 0 Å². The predicted molar refractivity (Wildman–Crippen MR) is 49.8 cm³/mol. The number of rotatable bonds is 0. The largest absolute Gasteiger partial charge is 0.358 e. The SMILES string of the molecule is C1=C[CH-]C2=CCC=CC2=C1.[CH3-].[Y]. The zero-order valence-electron chi connectivity index (χ0n) is 7.33. The summed E-state index contributed by atoms with van der Waals surface area (Å²) in [6.45, 7) is 0. The summed E-state index contributed by atoms with van der Waals surface area (Å²) in [7, 11) is 0. The molecule has 0 saturated carbocycles. The van der Waals surface area contributed by atoms with Gasteiger partial charge in [0.2, 0.25) is 0 Å². The average Bonchev–Trinajstić information content (AvgIpc) is 2.05. The van der Waals surface area contributed by atoms with Crippen molar-refractivity contribution in [3.05, 3.63) is 61.4 Å². The Morgan fingerprint density at radius 3 is 2.92 bits per heavy atom. The number of allylic oxidation sites excluding steroid dienone is 8. The van der Waals surface area contributed by atoms with Gasteiger partial charge in [-0.05, 0) is 0 Å². The fourth-order valence-corrected chi connectivity index (χ4v) is 1.24. The fraction of sp³-hybridized carbons (Fsp3) is 0.0909. The van der Waals surface area contributed by atoms with Gasteiger partial charge < -0.3 is 7.43 Å². The van der Waals surface area contributed by atoms with Crippen molar-refractivity contribution in [2.75, 3.05) is 0 Å². The van der Waals surface area contributed by atoms with Crippen LogP contribution in [0.25, 0.3) is 0 Å². The van der Waals surface area contributed by atoms with Crippen LogP contribution in [-0.4, -0.2) is 0 Å². The van der Waals surface area contributed by atoms with Crippen molar-refractivity contribution >= 4 is 0 Å². The van der Waals surface area contributed by atoms with Crippen LogP contribution in [0.4, 0.5) is 0 Å². The monoisotopic (exact) mass is 233 g/mol. The van der Waals surface area contributed by atoms with Crippen LogP contribution in [0.2, 0.25) is 0 Å². The fourth-order valence-electron chi connectivity index (χ4n) is 1.24. The van der Waals surface area contributed by atoms with E-state index in [2.05, 4.69) is 42.9 Å². The summed E-state index contributed by atoms with van der Waals surface area (Å²) < 4.78 is 0. The van der Waals surface area contributed by atoms with Gasteiger partial charge in [0.15, 0.2) is 0 Å². The Morgan fingerprint density at radius 1 is 1.33 bits per heavy atom. The number of hydrogen-bond acceptors (Lipinski definition) is 0. The zero-order valence-corrected chi connectivity index (χ0v) is 10.2. The maximum atomic E-state index is 2.25. The molecule has 0 nitrogen and oxygen atoms in total. The Bertz CT molecular complexity index is 254. The Balaban J connectivity index is 0.000000605. The summed E-state index contributed by atoms with van der Waals surface area (Å²) in [6, 6.07) is 0. The third-order valence-electron chi connectivity index (χ3n) is 1.77. The van der Waals surface area contributed by atoms with Crippen LogP contribution in [-0.2, 0) is 32.7 Å². The van der Waals surface area contributed by atoms with Gasteiger partial charge in [-0.25, -0.2) is 0 Å². The minimum Gasteiger partial charge on any atom is -0.358 e. The van der Waals surface area contributed by atoms with E-state index in [9.17, 15) is 0 Å². The molecule has 2 aliphatic rings. The van der Waals surface area contributed by atoms with Gasteiger partial charge in [0.05, 0.1) is 0 Å². The minimum atomic E-state index is 0. The molecule has 0 bridgehead atoms. The van der Waals surface area contributed by atoms with Crippen LogP contribution in [0.5, 0.6) is 0 Å². The molecular weight excluding hydrogens is 221 g/mol. The molecule has 12 heavy (non-hydrogen) atoms. The van der Waals surface area contributed by atoms with Crippen molar-refractivity contribution in [2.24, 2.45) is 0 Å². The van der Waals surface area contributed by atoms with E-state index in [1.54, 1.807) is 0 Å². The molecule has 0 aromatic rings. The zero-order chi connectivity index (χ0) is 6.81. The molecule has 0 aliphatic heterocycles. The van der Waals surface area contributed by atoms with Crippen LogP contribution >= 0.6 is 0 Å². The van der Waals surface area contributed by atoms with Gasteiger partial charge >= 0.3 is 0 Å². The normalized spacial score (nSPS) is 17.3. The van der Waals surface area contributed by atoms with Crippen molar-refractivity contribution in [1.82, 2.24) is 0 Å². The van der Waals surface area contributed by atoms with Crippen molar-refractivity contribution in [1.29, 1.82) is 0 Å². The summed E-state index contributed by atoms with van der Waals surface area (Å²) in [5.41, 5.74) is 2.71. The van der Waals surface area contributed by atoms with Crippen LogP contribution in [0.1, 0.15) is 6.42 Å². The molecule has 0 N–H and O–H groups in total. The first-order valence-corrected chi connectivity index (χ1v) is 3.55. The van der Waals surface area contributed by atoms with Crippen LogP contribution in [0.3, 0.4) is 0 Å². The van der Waals surface area contributed by atoms with E-state index in [0.29, 0.717) is 0 Å². The molecule has 61 valence electrons. The first kappa shape index (κ1) is 11.9. The molecule has 0 heterocycles. The maximum Gasteiger partial charge on any atom is 0 e. The Labute approximate surface area is 100 Å². The molecule has 0 spiro atoms. The second kappa shape index (κ2) is 5.56. The molecule has 2 rings (SSSR count). The molecule has 1 heteroatoms. The third kappa shape index (κ3) is 2.47. The molecule has 0 saturated heterocycles. The van der Waals surface area contributed by atoms with Crippen LogP contribution < -0.4 is 0 Å². The van der Waals surface area contributed by atoms with Gasteiger partial charge in [-0.3, -0.25) is 0 Å². The van der Waals surface area contributed by atoms with Crippen molar-refractivity contribution in [2.45, 2.75) is 6.42 Å². The second-order valence-corrected chi connectivity index (χ2v) is 2.47. The van der Waals surface area contributed by atoms with E-state index in [-0.39, 0.29) is 40.1 Å². The molecule has 0 amide bonds. The standard InChI is InChI=1S/C10H9.CH3.Y/c1-2-6-10-8-4-3-7-9(10)5-1;;/h1-3,5-8H,4H2;1H3;/q2*-1;. The molecule has 0 unspecified atom stereocenters. The molecule has 0 aromatic carbocycles. The molecular formula is C11H12Y-2. The van der Waals surface area contributed by atoms with Crippen molar-refractivity contribution in [3.8, 4) is 0 Å². The molecule has 2 aliphatic carbocycles. The van der Waals surface area contributed by atoms with Gasteiger partial charge in [-0.2, -0.15) is 6.08 Å². The average molecular weight is 233 g/mol. The van der Waals surface area contributed by atoms with E-state index in [4.69, 9.17) is 0 Å².